The van der Waals surface area contributed by atoms with Gasteiger partial charge in [0.05, 0.1) is 17.1 Å². The van der Waals surface area contributed by atoms with E-state index in [1.54, 1.807) is 0 Å². The summed E-state index contributed by atoms with van der Waals surface area (Å²) in [6, 6.07) is 10.3. The SMILES string of the molecule is Cc1nc2ccccc2n1C1CCN(C(=O)c2cc(C3CC3)on2)C1. The standard InChI is InChI=1S/C19H20N4O2/c1-12-20-15-4-2-3-5-17(15)23(12)14-8-9-22(11-14)19(24)16-10-18(25-21-16)13-6-7-13/h2-5,10,13-14H,6-9,11H2,1H3. The van der Waals surface area contributed by atoms with E-state index < -0.39 is 0 Å². The van der Waals surface area contributed by atoms with Crippen molar-refractivity contribution in [3.05, 3.63) is 47.6 Å². The van der Waals surface area contributed by atoms with Gasteiger partial charge in [-0.3, -0.25) is 4.79 Å². The zero-order valence-corrected chi connectivity index (χ0v) is 14.2. The lowest BCUT2D eigenvalue weighted by Crippen LogP contribution is -2.29. The van der Waals surface area contributed by atoms with E-state index in [2.05, 4.69) is 20.8 Å². The number of carbonyl (C=O) groups is 1. The second-order valence-electron chi connectivity index (χ2n) is 7.10. The molecule has 128 valence electrons. The number of carbonyl (C=O) groups excluding carboxylic acids is 1. The Morgan fingerprint density at radius 1 is 1.24 bits per heavy atom. The van der Waals surface area contributed by atoms with Gasteiger partial charge in [-0.05, 0) is 38.3 Å². The fourth-order valence-corrected chi connectivity index (χ4v) is 3.88. The molecule has 1 aliphatic heterocycles. The van der Waals surface area contributed by atoms with Crippen molar-refractivity contribution >= 4 is 16.9 Å². The highest BCUT2D eigenvalue weighted by atomic mass is 16.5. The van der Waals surface area contributed by atoms with Crippen molar-refractivity contribution in [3.8, 4) is 0 Å². The van der Waals surface area contributed by atoms with E-state index in [1.807, 2.05) is 36.1 Å². The largest absolute Gasteiger partial charge is 0.360 e. The highest BCUT2D eigenvalue weighted by Gasteiger charge is 2.33. The fraction of sp³-hybridized carbons (Fsp3) is 0.421. The molecular weight excluding hydrogens is 316 g/mol. The van der Waals surface area contributed by atoms with Gasteiger partial charge in [0.1, 0.15) is 11.6 Å². The van der Waals surface area contributed by atoms with Gasteiger partial charge in [0.2, 0.25) is 0 Å². The zero-order chi connectivity index (χ0) is 17.0. The Balaban J connectivity index is 1.38. The molecule has 6 nitrogen and oxygen atoms in total. The number of likely N-dealkylation sites (tertiary alicyclic amines) is 1. The van der Waals surface area contributed by atoms with Crippen LogP contribution >= 0.6 is 0 Å². The quantitative estimate of drug-likeness (QED) is 0.736. The van der Waals surface area contributed by atoms with Crippen molar-refractivity contribution in [3.63, 3.8) is 0 Å². The smallest absolute Gasteiger partial charge is 0.276 e. The number of hydrogen-bond donors (Lipinski definition) is 0. The monoisotopic (exact) mass is 336 g/mol. The summed E-state index contributed by atoms with van der Waals surface area (Å²) in [5.41, 5.74) is 2.59. The van der Waals surface area contributed by atoms with Crippen molar-refractivity contribution < 1.29 is 9.32 Å². The van der Waals surface area contributed by atoms with Gasteiger partial charge in [0.15, 0.2) is 5.69 Å². The van der Waals surface area contributed by atoms with Crippen LogP contribution in [0.3, 0.4) is 0 Å². The van der Waals surface area contributed by atoms with E-state index in [0.717, 1.165) is 48.4 Å². The van der Waals surface area contributed by atoms with Crippen molar-refractivity contribution in [1.29, 1.82) is 0 Å². The van der Waals surface area contributed by atoms with Crippen LogP contribution in [-0.2, 0) is 0 Å². The van der Waals surface area contributed by atoms with Crippen LogP contribution in [0.4, 0.5) is 0 Å². The molecule has 6 heteroatoms. The van der Waals surface area contributed by atoms with Crippen LogP contribution in [0.1, 0.15) is 53.3 Å². The van der Waals surface area contributed by atoms with Crippen LogP contribution in [0.5, 0.6) is 0 Å². The Kier molecular flexibility index (Phi) is 3.20. The summed E-state index contributed by atoms with van der Waals surface area (Å²) in [5.74, 6) is 2.30. The summed E-state index contributed by atoms with van der Waals surface area (Å²) in [7, 11) is 0. The number of amides is 1. The van der Waals surface area contributed by atoms with Crippen molar-refractivity contribution in [1.82, 2.24) is 19.6 Å². The third-order valence-corrected chi connectivity index (χ3v) is 5.32. The first-order chi connectivity index (χ1) is 12.2. The molecule has 5 rings (SSSR count). The van der Waals surface area contributed by atoms with Gasteiger partial charge in [-0.15, -0.1) is 0 Å². The highest BCUT2D eigenvalue weighted by molar-refractivity contribution is 5.92. The Hall–Kier alpha value is -2.63. The number of aromatic nitrogens is 3. The summed E-state index contributed by atoms with van der Waals surface area (Å²) < 4.78 is 7.60. The second-order valence-corrected chi connectivity index (χ2v) is 7.10. The Morgan fingerprint density at radius 2 is 2.08 bits per heavy atom. The number of hydrogen-bond acceptors (Lipinski definition) is 4. The minimum absolute atomic E-state index is 0.0276. The van der Waals surface area contributed by atoms with Gasteiger partial charge < -0.3 is 14.0 Å². The molecular formula is C19H20N4O2. The Labute approximate surface area is 145 Å². The lowest BCUT2D eigenvalue weighted by Gasteiger charge is -2.17. The molecule has 1 aromatic carbocycles. The van der Waals surface area contributed by atoms with Crippen molar-refractivity contribution in [2.75, 3.05) is 13.1 Å². The maximum absolute atomic E-state index is 12.7. The van der Waals surface area contributed by atoms with Gasteiger partial charge in [-0.2, -0.15) is 0 Å². The molecule has 2 aromatic heterocycles. The van der Waals surface area contributed by atoms with Crippen molar-refractivity contribution in [2.45, 2.75) is 38.1 Å². The van der Waals surface area contributed by atoms with Crippen LogP contribution in [0, 0.1) is 6.92 Å². The maximum Gasteiger partial charge on any atom is 0.276 e. The Morgan fingerprint density at radius 3 is 2.92 bits per heavy atom. The fourth-order valence-electron chi connectivity index (χ4n) is 3.88. The van der Waals surface area contributed by atoms with Crippen LogP contribution in [0.2, 0.25) is 0 Å². The predicted molar refractivity (Wildman–Crippen MR) is 92.5 cm³/mol. The van der Waals surface area contributed by atoms with E-state index in [1.165, 1.54) is 0 Å². The third kappa shape index (κ3) is 2.44. The topological polar surface area (TPSA) is 64.2 Å². The summed E-state index contributed by atoms with van der Waals surface area (Å²) in [5, 5.41) is 3.99. The molecule has 1 amide bonds. The van der Waals surface area contributed by atoms with Crippen molar-refractivity contribution in [2.24, 2.45) is 0 Å². The average Bonchev–Trinajstić information content (AvgIpc) is 3.05. The lowest BCUT2D eigenvalue weighted by molar-refractivity contribution is 0.0777. The summed E-state index contributed by atoms with van der Waals surface area (Å²) in [6.07, 6.45) is 3.21. The van der Waals surface area contributed by atoms with Gasteiger partial charge in [0.25, 0.3) is 5.91 Å². The molecule has 0 bridgehead atoms. The molecule has 1 atom stereocenters. The van der Waals surface area contributed by atoms with Gasteiger partial charge in [-0.1, -0.05) is 17.3 Å². The minimum Gasteiger partial charge on any atom is -0.360 e. The van der Waals surface area contributed by atoms with Crippen LogP contribution < -0.4 is 0 Å². The van der Waals surface area contributed by atoms with Gasteiger partial charge >= 0.3 is 0 Å². The third-order valence-electron chi connectivity index (χ3n) is 5.32. The molecule has 25 heavy (non-hydrogen) atoms. The molecule has 3 heterocycles. The molecule has 1 saturated heterocycles. The molecule has 0 spiro atoms. The number of rotatable bonds is 3. The number of fused-ring (bicyclic) bond motifs is 1. The van der Waals surface area contributed by atoms with Gasteiger partial charge in [0, 0.05) is 25.1 Å². The number of imidazole rings is 1. The molecule has 1 aliphatic carbocycles. The van der Waals surface area contributed by atoms with E-state index in [9.17, 15) is 4.79 Å². The number of para-hydroxylation sites is 2. The van der Waals surface area contributed by atoms with Crippen LogP contribution in [0.25, 0.3) is 11.0 Å². The molecule has 0 N–H and O–H groups in total. The van der Waals surface area contributed by atoms with Gasteiger partial charge in [-0.25, -0.2) is 4.98 Å². The molecule has 1 unspecified atom stereocenters. The molecule has 1 saturated carbocycles. The zero-order valence-electron chi connectivity index (χ0n) is 14.2. The second kappa shape index (κ2) is 5.44. The van der Waals surface area contributed by atoms with Crippen LogP contribution in [-0.4, -0.2) is 38.6 Å². The lowest BCUT2D eigenvalue weighted by atomic mass is 10.2. The molecule has 2 fully saturated rings. The molecule has 2 aliphatic rings. The first-order valence-electron chi connectivity index (χ1n) is 8.90. The number of benzene rings is 1. The first-order valence-corrected chi connectivity index (χ1v) is 8.90. The van der Waals surface area contributed by atoms with E-state index in [-0.39, 0.29) is 11.9 Å². The van der Waals surface area contributed by atoms with E-state index in [4.69, 9.17) is 4.52 Å². The number of nitrogens with zero attached hydrogens (tertiary/aromatic N) is 4. The maximum atomic E-state index is 12.7. The van der Waals surface area contributed by atoms with Crippen LogP contribution in [0.15, 0.2) is 34.9 Å². The first kappa shape index (κ1) is 14.7. The average molecular weight is 336 g/mol. The summed E-state index contributed by atoms with van der Waals surface area (Å²) in [4.78, 5) is 19.3. The summed E-state index contributed by atoms with van der Waals surface area (Å²) >= 11 is 0. The Bertz CT molecular complexity index is 953. The highest BCUT2D eigenvalue weighted by Crippen LogP contribution is 2.40. The van der Waals surface area contributed by atoms with E-state index in [0.29, 0.717) is 18.2 Å². The summed E-state index contributed by atoms with van der Waals surface area (Å²) in [6.45, 7) is 3.46. The molecule has 0 radical (unpaired) electrons. The normalized spacial score (nSPS) is 20.5. The predicted octanol–water partition coefficient (Wildman–Crippen LogP) is 3.30. The number of aryl methyl sites for hydroxylation is 1. The molecule has 3 aromatic rings. The minimum atomic E-state index is -0.0276. The van der Waals surface area contributed by atoms with E-state index >= 15 is 0 Å².